The molecule has 35 heavy (non-hydrogen) atoms. The molecule has 1 aromatic heterocycles. The van der Waals surface area contributed by atoms with Gasteiger partial charge in [0.05, 0.1) is 34.7 Å². The molecule has 0 saturated carbocycles. The van der Waals surface area contributed by atoms with Gasteiger partial charge >= 0.3 is 0 Å². The number of thiophene rings is 1. The fourth-order valence-corrected chi connectivity index (χ4v) is 6.05. The van der Waals surface area contributed by atoms with Crippen molar-refractivity contribution in [3.05, 3.63) is 76.1 Å². The third-order valence-corrected chi connectivity index (χ3v) is 8.71. The van der Waals surface area contributed by atoms with Crippen molar-refractivity contribution < 1.29 is 22.7 Å². The van der Waals surface area contributed by atoms with Gasteiger partial charge in [0.15, 0.2) is 0 Å². The molecule has 1 amide bonds. The van der Waals surface area contributed by atoms with Gasteiger partial charge in [-0.1, -0.05) is 11.6 Å². The van der Waals surface area contributed by atoms with E-state index in [1.165, 1.54) is 35.9 Å². The number of carbonyl (C=O) groups is 1. The second-order valence-electron chi connectivity index (χ2n) is 7.74. The van der Waals surface area contributed by atoms with Crippen LogP contribution in [0.3, 0.4) is 0 Å². The first-order valence-electron chi connectivity index (χ1n) is 10.5. The number of nitrogens with zero attached hydrogens (tertiary/aromatic N) is 1. The van der Waals surface area contributed by atoms with Crippen LogP contribution in [0.5, 0.6) is 11.5 Å². The molecule has 4 rings (SSSR count). The van der Waals surface area contributed by atoms with Crippen LogP contribution >= 0.6 is 22.9 Å². The van der Waals surface area contributed by atoms with Crippen molar-refractivity contribution in [2.24, 2.45) is 0 Å². The highest BCUT2D eigenvalue weighted by molar-refractivity contribution is 7.92. The number of carbonyl (C=O) groups excluding carboxylic acids is 1. The number of aryl methyl sites for hydroxylation is 1. The highest BCUT2D eigenvalue weighted by Gasteiger charge is 2.23. The van der Waals surface area contributed by atoms with Gasteiger partial charge in [-0.2, -0.15) is 0 Å². The minimum Gasteiger partial charge on any atom is -0.496 e. The summed E-state index contributed by atoms with van der Waals surface area (Å²) in [7, 11) is 0.775. The average Bonchev–Trinajstić information content (AvgIpc) is 3.27. The second kappa shape index (κ2) is 9.77. The quantitative estimate of drug-likeness (QED) is 0.319. The number of hydrogen-bond donors (Lipinski definition) is 1. The van der Waals surface area contributed by atoms with Crippen LogP contribution < -0.4 is 19.1 Å². The van der Waals surface area contributed by atoms with E-state index in [1.54, 1.807) is 62.6 Å². The number of methoxy groups -OCH3 is 2. The molecule has 0 aliphatic carbocycles. The molecular weight excluding hydrogens is 508 g/mol. The number of nitrogens with one attached hydrogen (secondary N) is 1. The van der Waals surface area contributed by atoms with Gasteiger partial charge in [-0.25, -0.2) is 8.42 Å². The predicted molar refractivity (Wildman–Crippen MR) is 141 cm³/mol. The van der Waals surface area contributed by atoms with E-state index in [1.807, 2.05) is 6.07 Å². The Balaban J connectivity index is 1.59. The third-order valence-electron chi connectivity index (χ3n) is 5.52. The van der Waals surface area contributed by atoms with E-state index >= 15 is 0 Å². The molecule has 0 fully saturated rings. The number of amides is 1. The fraction of sp³-hybridized carbons (Fsp3) is 0.160. The Morgan fingerprint density at radius 2 is 1.69 bits per heavy atom. The van der Waals surface area contributed by atoms with Crippen molar-refractivity contribution in [1.29, 1.82) is 0 Å². The summed E-state index contributed by atoms with van der Waals surface area (Å²) in [5, 5.41) is 3.98. The Morgan fingerprint density at radius 3 is 2.34 bits per heavy atom. The van der Waals surface area contributed by atoms with Crippen molar-refractivity contribution >= 4 is 60.3 Å². The van der Waals surface area contributed by atoms with Gasteiger partial charge in [0, 0.05) is 17.4 Å². The number of sulfonamides is 1. The van der Waals surface area contributed by atoms with Gasteiger partial charge in [0.1, 0.15) is 11.5 Å². The Kier molecular flexibility index (Phi) is 6.93. The van der Waals surface area contributed by atoms with E-state index in [2.05, 4.69) is 5.32 Å². The highest BCUT2D eigenvalue weighted by atomic mass is 35.5. The summed E-state index contributed by atoms with van der Waals surface area (Å²) in [5.74, 6) is 0.848. The minimum absolute atomic E-state index is 0.168. The summed E-state index contributed by atoms with van der Waals surface area (Å²) in [6.07, 6.45) is 0. The first-order chi connectivity index (χ1) is 16.6. The molecule has 0 atom stereocenters. The number of benzene rings is 3. The van der Waals surface area contributed by atoms with Crippen LogP contribution in [0.15, 0.2) is 65.6 Å². The number of hydrogen-bond acceptors (Lipinski definition) is 6. The molecule has 0 spiro atoms. The van der Waals surface area contributed by atoms with Crippen LogP contribution in [0.25, 0.3) is 10.1 Å². The van der Waals surface area contributed by atoms with Crippen LogP contribution in [-0.4, -0.2) is 35.6 Å². The van der Waals surface area contributed by atoms with Crippen LogP contribution in [0.2, 0.25) is 5.02 Å². The van der Waals surface area contributed by atoms with Crippen molar-refractivity contribution in [3.8, 4) is 11.5 Å². The van der Waals surface area contributed by atoms with Crippen molar-refractivity contribution in [2.75, 3.05) is 30.9 Å². The first-order valence-corrected chi connectivity index (χ1v) is 13.1. The average molecular weight is 531 g/mol. The van der Waals surface area contributed by atoms with E-state index < -0.39 is 10.0 Å². The SMILES string of the molecule is COc1ccc(S(=O)(=O)N(C)c2ccc3sc(C(=O)Nc4ccc(OC)c(Cl)c4)cc3c2)cc1C. The standard InChI is InChI=1S/C25H23ClN2O5S2/c1-15-11-19(7-9-21(15)32-3)35(30,31)28(2)18-6-10-23-16(12-18)13-24(34-23)25(29)27-17-5-8-22(33-4)20(26)14-17/h5-14H,1-4H3,(H,27,29). The second-order valence-corrected chi connectivity index (χ2v) is 11.2. The zero-order valence-corrected chi connectivity index (χ0v) is 21.8. The molecule has 0 bridgehead atoms. The molecule has 0 aliphatic rings. The van der Waals surface area contributed by atoms with Gasteiger partial charge in [0.2, 0.25) is 0 Å². The van der Waals surface area contributed by atoms with Crippen LogP contribution in [0.4, 0.5) is 11.4 Å². The number of ether oxygens (including phenoxy) is 2. The van der Waals surface area contributed by atoms with Crippen LogP contribution in [0.1, 0.15) is 15.2 Å². The molecule has 0 saturated heterocycles. The molecule has 1 heterocycles. The Labute approximate surface area is 212 Å². The molecule has 4 aromatic rings. The normalized spacial score (nSPS) is 11.3. The summed E-state index contributed by atoms with van der Waals surface area (Å²) in [5.41, 5.74) is 1.75. The highest BCUT2D eigenvalue weighted by Crippen LogP contribution is 2.33. The molecule has 182 valence electrons. The molecule has 10 heteroatoms. The summed E-state index contributed by atoms with van der Waals surface area (Å²) >= 11 is 7.46. The summed E-state index contributed by atoms with van der Waals surface area (Å²) in [6.45, 7) is 1.79. The zero-order valence-electron chi connectivity index (χ0n) is 19.5. The van der Waals surface area contributed by atoms with E-state index in [-0.39, 0.29) is 10.8 Å². The maximum Gasteiger partial charge on any atom is 0.265 e. The first kappa shape index (κ1) is 24.8. The fourth-order valence-electron chi connectivity index (χ4n) is 3.58. The van der Waals surface area contributed by atoms with Crippen molar-refractivity contribution in [2.45, 2.75) is 11.8 Å². The summed E-state index contributed by atoms with van der Waals surface area (Å²) < 4.78 is 38.9. The van der Waals surface area contributed by atoms with E-state index in [4.69, 9.17) is 21.1 Å². The predicted octanol–water partition coefficient (Wildman–Crippen LogP) is 5.96. The lowest BCUT2D eigenvalue weighted by Gasteiger charge is -2.20. The van der Waals surface area contributed by atoms with Gasteiger partial charge in [-0.05, 0) is 78.5 Å². The lowest BCUT2D eigenvalue weighted by molar-refractivity contribution is 0.103. The van der Waals surface area contributed by atoms with E-state index in [9.17, 15) is 13.2 Å². The number of fused-ring (bicyclic) bond motifs is 1. The van der Waals surface area contributed by atoms with Crippen LogP contribution in [0, 0.1) is 6.92 Å². The maximum atomic E-state index is 13.2. The number of anilines is 2. The Morgan fingerprint density at radius 1 is 0.971 bits per heavy atom. The smallest absolute Gasteiger partial charge is 0.265 e. The van der Waals surface area contributed by atoms with Gasteiger partial charge in [-0.3, -0.25) is 9.10 Å². The van der Waals surface area contributed by atoms with Crippen LogP contribution in [-0.2, 0) is 10.0 Å². The van der Waals surface area contributed by atoms with Gasteiger partial charge < -0.3 is 14.8 Å². The Hall–Kier alpha value is -3.27. The molecular formula is C25H23ClN2O5S2. The molecule has 0 aliphatic heterocycles. The third kappa shape index (κ3) is 4.93. The zero-order chi connectivity index (χ0) is 25.3. The number of halogens is 1. The van der Waals surface area contributed by atoms with E-state index in [0.29, 0.717) is 32.8 Å². The van der Waals surface area contributed by atoms with Crippen molar-refractivity contribution in [3.63, 3.8) is 0 Å². The maximum absolute atomic E-state index is 13.2. The van der Waals surface area contributed by atoms with Crippen molar-refractivity contribution in [1.82, 2.24) is 0 Å². The molecule has 7 nitrogen and oxygen atoms in total. The lowest BCUT2D eigenvalue weighted by Crippen LogP contribution is -2.26. The van der Waals surface area contributed by atoms with E-state index in [0.717, 1.165) is 15.6 Å². The Bertz CT molecular complexity index is 1530. The van der Waals surface area contributed by atoms with Gasteiger partial charge in [-0.15, -0.1) is 11.3 Å². The van der Waals surface area contributed by atoms with Gasteiger partial charge in [0.25, 0.3) is 15.9 Å². The summed E-state index contributed by atoms with van der Waals surface area (Å²) in [4.78, 5) is 13.5. The summed E-state index contributed by atoms with van der Waals surface area (Å²) in [6, 6.07) is 16.8. The molecule has 1 N–H and O–H groups in total. The molecule has 0 unspecified atom stereocenters. The topological polar surface area (TPSA) is 84.9 Å². The largest absolute Gasteiger partial charge is 0.496 e. The number of rotatable bonds is 7. The lowest BCUT2D eigenvalue weighted by atomic mass is 10.2. The minimum atomic E-state index is -3.79. The molecule has 0 radical (unpaired) electrons. The molecule has 3 aromatic carbocycles. The monoisotopic (exact) mass is 530 g/mol.